The van der Waals surface area contributed by atoms with Crippen molar-refractivity contribution in [2.24, 2.45) is 5.41 Å². The lowest BCUT2D eigenvalue weighted by atomic mass is 9.64. The Morgan fingerprint density at radius 2 is 2.05 bits per heavy atom. The average Bonchev–Trinajstić information content (AvgIpc) is 3.23. The molecule has 0 radical (unpaired) electrons. The third-order valence-corrected chi connectivity index (χ3v) is 5.61. The zero-order valence-corrected chi connectivity index (χ0v) is 12.2. The Bertz CT molecular complexity index is 635. The number of carbonyl (C=O) groups excluding carboxylic acids is 1. The van der Waals surface area contributed by atoms with Gasteiger partial charge in [-0.25, -0.2) is 0 Å². The molecule has 3 aliphatic carbocycles. The fourth-order valence-corrected chi connectivity index (χ4v) is 4.37. The Morgan fingerprint density at radius 3 is 2.75 bits per heavy atom. The number of benzene rings is 1. The number of carbonyl (C=O) groups is 1. The molecule has 4 rings (SSSR count). The summed E-state index contributed by atoms with van der Waals surface area (Å²) in [6.45, 7) is 2.03. The van der Waals surface area contributed by atoms with Gasteiger partial charge in [0, 0.05) is 12.3 Å². The molecular weight excluding hydrogens is 248 g/mol. The van der Waals surface area contributed by atoms with Gasteiger partial charge < -0.3 is 4.74 Å². The normalized spacial score (nSPS) is 26.3. The Hall–Kier alpha value is -1.57. The van der Waals surface area contributed by atoms with Crippen LogP contribution in [0.2, 0.25) is 0 Å². The van der Waals surface area contributed by atoms with Crippen LogP contribution >= 0.6 is 0 Å². The Kier molecular flexibility index (Phi) is 2.42. The number of methoxy groups -OCH3 is 1. The highest BCUT2D eigenvalue weighted by Gasteiger charge is 2.56. The van der Waals surface area contributed by atoms with Crippen molar-refractivity contribution in [3.63, 3.8) is 0 Å². The first-order chi connectivity index (χ1) is 9.66. The number of rotatable bonds is 1. The van der Waals surface area contributed by atoms with Gasteiger partial charge in [0.1, 0.15) is 5.75 Å². The molecule has 1 atom stereocenters. The highest BCUT2D eigenvalue weighted by atomic mass is 16.5. The summed E-state index contributed by atoms with van der Waals surface area (Å²) in [7, 11) is 1.75. The Morgan fingerprint density at radius 1 is 1.25 bits per heavy atom. The average molecular weight is 268 g/mol. The van der Waals surface area contributed by atoms with Crippen molar-refractivity contribution < 1.29 is 9.53 Å². The van der Waals surface area contributed by atoms with Gasteiger partial charge >= 0.3 is 0 Å². The van der Waals surface area contributed by atoms with Gasteiger partial charge in [0.2, 0.25) is 0 Å². The molecule has 1 aromatic rings. The van der Waals surface area contributed by atoms with Crippen molar-refractivity contribution >= 4 is 5.78 Å². The van der Waals surface area contributed by atoms with Gasteiger partial charge in [-0.3, -0.25) is 4.79 Å². The molecule has 2 heteroatoms. The van der Waals surface area contributed by atoms with E-state index in [2.05, 4.69) is 18.2 Å². The lowest BCUT2D eigenvalue weighted by Gasteiger charge is -2.39. The number of ketones is 1. The number of allylic oxidation sites excluding steroid dienone is 2. The van der Waals surface area contributed by atoms with Gasteiger partial charge in [0.15, 0.2) is 5.78 Å². The van der Waals surface area contributed by atoms with E-state index >= 15 is 0 Å². The summed E-state index contributed by atoms with van der Waals surface area (Å²) in [5.41, 5.74) is 5.50. The highest BCUT2D eigenvalue weighted by Crippen LogP contribution is 2.66. The SMILES string of the molecule is COc1cccc2c1CCC1=C(C)C(=O)CC3(CC3)[C@H]12. The van der Waals surface area contributed by atoms with Gasteiger partial charge in [-0.05, 0) is 60.8 Å². The fourth-order valence-electron chi connectivity index (χ4n) is 4.37. The molecule has 0 bridgehead atoms. The largest absolute Gasteiger partial charge is 0.496 e. The second-order valence-electron chi connectivity index (χ2n) is 6.57. The molecule has 0 aromatic heterocycles. The summed E-state index contributed by atoms with van der Waals surface area (Å²) in [6.07, 6.45) is 5.20. The smallest absolute Gasteiger partial charge is 0.159 e. The molecule has 104 valence electrons. The van der Waals surface area contributed by atoms with Crippen molar-refractivity contribution in [2.45, 2.75) is 44.9 Å². The minimum atomic E-state index is 0.244. The van der Waals surface area contributed by atoms with Crippen LogP contribution in [0.5, 0.6) is 5.75 Å². The quantitative estimate of drug-likeness (QED) is 0.774. The molecule has 0 unspecified atom stereocenters. The summed E-state index contributed by atoms with van der Waals surface area (Å²) < 4.78 is 5.55. The van der Waals surface area contributed by atoms with Gasteiger partial charge in [0.05, 0.1) is 7.11 Å². The van der Waals surface area contributed by atoms with E-state index in [1.165, 1.54) is 29.5 Å². The van der Waals surface area contributed by atoms with Crippen LogP contribution in [0.15, 0.2) is 29.3 Å². The molecule has 0 N–H and O–H groups in total. The highest BCUT2D eigenvalue weighted by molar-refractivity contribution is 5.98. The molecule has 1 aromatic carbocycles. The van der Waals surface area contributed by atoms with Crippen LogP contribution < -0.4 is 4.74 Å². The number of Topliss-reactive ketones (excluding diaryl/α,β-unsaturated/α-hetero) is 1. The van der Waals surface area contributed by atoms with Gasteiger partial charge in [0.25, 0.3) is 0 Å². The van der Waals surface area contributed by atoms with Crippen LogP contribution in [-0.4, -0.2) is 12.9 Å². The van der Waals surface area contributed by atoms with E-state index in [1.807, 2.05) is 6.92 Å². The van der Waals surface area contributed by atoms with Crippen LogP contribution in [0.4, 0.5) is 0 Å². The van der Waals surface area contributed by atoms with Gasteiger partial charge in [-0.15, -0.1) is 0 Å². The van der Waals surface area contributed by atoms with E-state index in [9.17, 15) is 4.79 Å². The third kappa shape index (κ3) is 1.48. The van der Waals surface area contributed by atoms with E-state index in [-0.39, 0.29) is 5.41 Å². The third-order valence-electron chi connectivity index (χ3n) is 5.61. The number of ether oxygens (including phenoxy) is 1. The first-order valence-electron chi connectivity index (χ1n) is 7.55. The van der Waals surface area contributed by atoms with Crippen LogP contribution in [0.1, 0.15) is 49.7 Å². The molecule has 1 fully saturated rings. The lowest BCUT2D eigenvalue weighted by molar-refractivity contribution is -0.117. The first kappa shape index (κ1) is 12.2. The first-order valence-corrected chi connectivity index (χ1v) is 7.55. The second-order valence-corrected chi connectivity index (χ2v) is 6.57. The molecule has 0 amide bonds. The number of hydrogen-bond acceptors (Lipinski definition) is 2. The Balaban J connectivity index is 1.93. The Labute approximate surface area is 119 Å². The predicted molar refractivity (Wildman–Crippen MR) is 78.0 cm³/mol. The van der Waals surface area contributed by atoms with Crippen molar-refractivity contribution in [3.8, 4) is 5.75 Å². The van der Waals surface area contributed by atoms with Gasteiger partial charge in [-0.1, -0.05) is 17.7 Å². The van der Waals surface area contributed by atoms with Crippen molar-refractivity contribution in [1.82, 2.24) is 0 Å². The lowest BCUT2D eigenvalue weighted by Crippen LogP contribution is -2.31. The maximum Gasteiger partial charge on any atom is 0.159 e. The van der Waals surface area contributed by atoms with E-state index in [1.54, 1.807) is 7.11 Å². The van der Waals surface area contributed by atoms with Gasteiger partial charge in [-0.2, -0.15) is 0 Å². The monoisotopic (exact) mass is 268 g/mol. The van der Waals surface area contributed by atoms with Crippen molar-refractivity contribution in [3.05, 3.63) is 40.5 Å². The number of hydrogen-bond donors (Lipinski definition) is 0. The molecule has 0 saturated heterocycles. The van der Waals surface area contributed by atoms with Crippen molar-refractivity contribution in [2.75, 3.05) is 7.11 Å². The van der Waals surface area contributed by atoms with Crippen LogP contribution in [0, 0.1) is 5.41 Å². The van der Waals surface area contributed by atoms with Crippen LogP contribution in [0.25, 0.3) is 0 Å². The zero-order valence-electron chi connectivity index (χ0n) is 12.2. The summed E-state index contributed by atoms with van der Waals surface area (Å²) in [5.74, 6) is 1.88. The molecule has 0 aliphatic heterocycles. The maximum atomic E-state index is 12.3. The molecule has 3 aliphatic rings. The van der Waals surface area contributed by atoms with E-state index in [0.717, 1.165) is 30.6 Å². The molecule has 1 spiro atoms. The predicted octanol–water partition coefficient (Wildman–Crippen LogP) is 3.79. The summed E-state index contributed by atoms with van der Waals surface area (Å²) in [4.78, 5) is 12.3. The molecule has 1 saturated carbocycles. The minimum Gasteiger partial charge on any atom is -0.496 e. The molecule has 0 heterocycles. The topological polar surface area (TPSA) is 26.3 Å². The minimum absolute atomic E-state index is 0.244. The summed E-state index contributed by atoms with van der Waals surface area (Å²) in [5, 5.41) is 0. The number of fused-ring (bicyclic) bond motifs is 4. The van der Waals surface area contributed by atoms with E-state index < -0.39 is 0 Å². The molecular formula is C18H20O2. The van der Waals surface area contributed by atoms with Crippen LogP contribution in [0.3, 0.4) is 0 Å². The zero-order chi connectivity index (χ0) is 13.9. The maximum absolute atomic E-state index is 12.3. The van der Waals surface area contributed by atoms with E-state index in [0.29, 0.717) is 11.7 Å². The summed E-state index contributed by atoms with van der Waals surface area (Å²) >= 11 is 0. The van der Waals surface area contributed by atoms with Crippen molar-refractivity contribution in [1.29, 1.82) is 0 Å². The standard InChI is InChI=1S/C18H20O2/c1-11-12-6-7-13-14(4-3-5-16(13)20-2)17(12)18(8-9-18)10-15(11)19/h3-5,17H,6-10H2,1-2H3/t17-/m1/s1. The van der Waals surface area contributed by atoms with Crippen LogP contribution in [-0.2, 0) is 11.2 Å². The molecule has 2 nitrogen and oxygen atoms in total. The fraction of sp³-hybridized carbons (Fsp3) is 0.500. The summed E-state index contributed by atoms with van der Waals surface area (Å²) in [6, 6.07) is 6.42. The second kappa shape index (κ2) is 3.97. The van der Waals surface area contributed by atoms with E-state index in [4.69, 9.17) is 4.74 Å². The molecule has 20 heavy (non-hydrogen) atoms.